The van der Waals surface area contributed by atoms with Crippen molar-refractivity contribution in [3.8, 4) is 0 Å². The Hall–Kier alpha value is -1.50. The van der Waals surface area contributed by atoms with E-state index in [0.717, 1.165) is 0 Å². The number of carbonyl (C=O) groups excluding carboxylic acids is 2. The Bertz CT molecular complexity index is 327. The number of halogens is 1. The molecule has 0 spiro atoms. The van der Waals surface area contributed by atoms with Gasteiger partial charge in [0, 0.05) is 6.54 Å². The molecule has 0 saturated carbocycles. The number of ether oxygens (including phenoxy) is 1. The standard InChI is InChI=1S/C10H17ClN2O5/c1-10(2,3)18-9(17)13-6(8(15)16)5-12-7(14)4-11/h6H,4-5H2,1-3H3,(H,12,14)(H,13,17)(H,15,16)/t6-/m0/s1. The van der Waals surface area contributed by atoms with Crippen molar-refractivity contribution in [2.75, 3.05) is 12.4 Å². The van der Waals surface area contributed by atoms with Crippen LogP contribution in [0.1, 0.15) is 20.8 Å². The minimum atomic E-state index is -1.28. The smallest absolute Gasteiger partial charge is 0.408 e. The summed E-state index contributed by atoms with van der Waals surface area (Å²) in [5, 5.41) is 13.2. The van der Waals surface area contributed by atoms with E-state index in [-0.39, 0.29) is 12.4 Å². The fourth-order valence-electron chi connectivity index (χ4n) is 0.913. The minimum absolute atomic E-state index is 0.264. The Kier molecular flexibility index (Phi) is 6.46. The van der Waals surface area contributed by atoms with Gasteiger partial charge in [-0.3, -0.25) is 4.79 Å². The highest BCUT2D eigenvalue weighted by Crippen LogP contribution is 2.06. The number of hydrogen-bond acceptors (Lipinski definition) is 4. The second kappa shape index (κ2) is 7.05. The normalized spacial score (nSPS) is 12.4. The molecule has 0 heterocycles. The zero-order valence-electron chi connectivity index (χ0n) is 10.4. The molecule has 104 valence electrons. The van der Waals surface area contributed by atoms with Gasteiger partial charge in [0.15, 0.2) is 0 Å². The second-order valence-corrected chi connectivity index (χ2v) is 4.74. The Morgan fingerprint density at radius 3 is 2.28 bits per heavy atom. The molecule has 0 unspecified atom stereocenters. The van der Waals surface area contributed by atoms with Crippen molar-refractivity contribution in [2.24, 2.45) is 0 Å². The zero-order chi connectivity index (χ0) is 14.3. The summed E-state index contributed by atoms with van der Waals surface area (Å²) in [7, 11) is 0. The number of rotatable bonds is 5. The molecule has 0 rings (SSSR count). The summed E-state index contributed by atoms with van der Waals surface area (Å²) in [5.41, 5.74) is -0.730. The molecular formula is C10H17ClN2O5. The van der Waals surface area contributed by atoms with Gasteiger partial charge in [-0.25, -0.2) is 9.59 Å². The summed E-state index contributed by atoms with van der Waals surface area (Å²) >= 11 is 5.24. The van der Waals surface area contributed by atoms with Gasteiger partial charge in [-0.2, -0.15) is 0 Å². The summed E-state index contributed by atoms with van der Waals surface area (Å²) in [4.78, 5) is 33.1. The molecule has 1 atom stereocenters. The van der Waals surface area contributed by atoms with Crippen molar-refractivity contribution >= 4 is 29.6 Å². The van der Waals surface area contributed by atoms with Gasteiger partial charge in [-0.1, -0.05) is 0 Å². The summed E-state index contributed by atoms with van der Waals surface area (Å²) < 4.78 is 4.90. The molecule has 0 radical (unpaired) electrons. The van der Waals surface area contributed by atoms with E-state index in [1.54, 1.807) is 20.8 Å². The van der Waals surface area contributed by atoms with Gasteiger partial charge in [0.1, 0.15) is 17.5 Å². The average molecular weight is 281 g/mol. The fourth-order valence-corrected chi connectivity index (χ4v) is 1.01. The number of alkyl carbamates (subject to hydrolysis) is 1. The minimum Gasteiger partial charge on any atom is -0.480 e. The van der Waals surface area contributed by atoms with Crippen LogP contribution in [0.25, 0.3) is 0 Å². The van der Waals surface area contributed by atoms with Crippen molar-refractivity contribution < 1.29 is 24.2 Å². The third-order valence-electron chi connectivity index (χ3n) is 1.61. The van der Waals surface area contributed by atoms with Crippen LogP contribution in [0.3, 0.4) is 0 Å². The van der Waals surface area contributed by atoms with Gasteiger partial charge in [0.05, 0.1) is 0 Å². The maximum Gasteiger partial charge on any atom is 0.408 e. The first kappa shape index (κ1) is 16.5. The Labute approximate surface area is 110 Å². The first-order chi connectivity index (χ1) is 8.15. The summed E-state index contributed by atoms with van der Waals surface area (Å²) in [5.74, 6) is -2.08. The predicted octanol–water partition coefficient (Wildman–Crippen LogP) is 0.319. The zero-order valence-corrected chi connectivity index (χ0v) is 11.2. The largest absolute Gasteiger partial charge is 0.480 e. The number of nitrogens with one attached hydrogen (secondary N) is 2. The van der Waals surface area contributed by atoms with Crippen molar-refractivity contribution in [1.29, 1.82) is 0 Å². The molecule has 0 aromatic carbocycles. The Morgan fingerprint density at radius 2 is 1.89 bits per heavy atom. The lowest BCUT2D eigenvalue weighted by atomic mass is 10.2. The number of aliphatic carboxylic acids is 1. The number of amides is 2. The number of hydrogen-bond donors (Lipinski definition) is 3. The number of carbonyl (C=O) groups is 3. The molecule has 0 saturated heterocycles. The molecule has 8 heteroatoms. The predicted molar refractivity (Wildman–Crippen MR) is 64.5 cm³/mol. The average Bonchev–Trinajstić information content (AvgIpc) is 2.20. The second-order valence-electron chi connectivity index (χ2n) is 4.47. The van der Waals surface area contributed by atoms with Crippen molar-refractivity contribution in [3.63, 3.8) is 0 Å². The lowest BCUT2D eigenvalue weighted by Crippen LogP contribution is -2.49. The molecule has 18 heavy (non-hydrogen) atoms. The van der Waals surface area contributed by atoms with Crippen LogP contribution in [0.2, 0.25) is 0 Å². The third-order valence-corrected chi connectivity index (χ3v) is 1.86. The monoisotopic (exact) mass is 280 g/mol. The number of carboxylic acids is 1. The molecular weight excluding hydrogens is 264 g/mol. The van der Waals surface area contributed by atoms with E-state index in [4.69, 9.17) is 21.4 Å². The Balaban J connectivity index is 4.32. The molecule has 0 aliphatic heterocycles. The first-order valence-corrected chi connectivity index (χ1v) is 5.74. The van der Waals surface area contributed by atoms with Crippen molar-refractivity contribution in [3.05, 3.63) is 0 Å². The van der Waals surface area contributed by atoms with Crippen LogP contribution in [-0.2, 0) is 14.3 Å². The van der Waals surface area contributed by atoms with Gasteiger partial charge in [-0.05, 0) is 20.8 Å². The first-order valence-electron chi connectivity index (χ1n) is 5.20. The molecule has 0 fully saturated rings. The van der Waals surface area contributed by atoms with Gasteiger partial charge in [0.25, 0.3) is 0 Å². The lowest BCUT2D eigenvalue weighted by Gasteiger charge is -2.22. The van der Waals surface area contributed by atoms with E-state index in [2.05, 4.69) is 10.6 Å². The molecule has 0 aliphatic rings. The van der Waals surface area contributed by atoms with E-state index in [0.29, 0.717) is 0 Å². The number of carboxylic acid groups (broad SMARTS) is 1. The maximum absolute atomic E-state index is 11.4. The van der Waals surface area contributed by atoms with Crippen LogP contribution >= 0.6 is 11.6 Å². The van der Waals surface area contributed by atoms with Crippen LogP contribution in [0.15, 0.2) is 0 Å². The summed E-state index contributed by atoms with van der Waals surface area (Å²) in [6, 6.07) is -1.27. The molecule has 7 nitrogen and oxygen atoms in total. The molecule has 0 aromatic rings. The highest BCUT2D eigenvalue weighted by molar-refractivity contribution is 6.27. The van der Waals surface area contributed by atoms with Gasteiger partial charge >= 0.3 is 12.1 Å². The highest BCUT2D eigenvalue weighted by Gasteiger charge is 2.24. The van der Waals surface area contributed by atoms with Crippen LogP contribution < -0.4 is 10.6 Å². The Morgan fingerprint density at radius 1 is 1.33 bits per heavy atom. The summed E-state index contributed by atoms with van der Waals surface area (Å²) in [6.07, 6.45) is -0.866. The van der Waals surface area contributed by atoms with Crippen molar-refractivity contribution in [2.45, 2.75) is 32.4 Å². The molecule has 0 bridgehead atoms. The lowest BCUT2D eigenvalue weighted by molar-refractivity contribution is -0.139. The van der Waals surface area contributed by atoms with Gasteiger partial charge in [-0.15, -0.1) is 11.6 Å². The van der Waals surface area contributed by atoms with Crippen LogP contribution in [0, 0.1) is 0 Å². The van der Waals surface area contributed by atoms with Crippen LogP contribution in [0.5, 0.6) is 0 Å². The van der Waals surface area contributed by atoms with Crippen LogP contribution in [0.4, 0.5) is 4.79 Å². The molecule has 0 aliphatic carbocycles. The van der Waals surface area contributed by atoms with Crippen LogP contribution in [-0.4, -0.2) is 47.1 Å². The van der Waals surface area contributed by atoms with E-state index in [1.165, 1.54) is 0 Å². The van der Waals surface area contributed by atoms with E-state index in [9.17, 15) is 14.4 Å². The fraction of sp³-hybridized carbons (Fsp3) is 0.700. The van der Waals surface area contributed by atoms with E-state index < -0.39 is 29.6 Å². The van der Waals surface area contributed by atoms with Gasteiger partial charge < -0.3 is 20.5 Å². The third kappa shape index (κ3) is 7.72. The number of alkyl halides is 1. The SMILES string of the molecule is CC(C)(C)OC(=O)N[C@@H](CNC(=O)CCl)C(=O)O. The topological polar surface area (TPSA) is 105 Å². The highest BCUT2D eigenvalue weighted by atomic mass is 35.5. The molecule has 2 amide bonds. The van der Waals surface area contributed by atoms with E-state index >= 15 is 0 Å². The summed E-state index contributed by atoms with van der Waals surface area (Å²) in [6.45, 7) is 4.69. The van der Waals surface area contributed by atoms with Gasteiger partial charge in [0.2, 0.25) is 5.91 Å². The van der Waals surface area contributed by atoms with Crippen molar-refractivity contribution in [1.82, 2.24) is 10.6 Å². The maximum atomic E-state index is 11.4. The molecule has 3 N–H and O–H groups in total. The van der Waals surface area contributed by atoms with E-state index in [1.807, 2.05) is 0 Å². The molecule has 0 aromatic heterocycles. The quantitative estimate of drug-likeness (QED) is 0.629.